The number of carboxylic acids is 1. The summed E-state index contributed by atoms with van der Waals surface area (Å²) >= 11 is 1.19. The Morgan fingerprint density at radius 3 is 3.06 bits per heavy atom. The third-order valence-corrected chi connectivity index (χ3v) is 3.26. The van der Waals surface area contributed by atoms with Crippen LogP contribution in [0.15, 0.2) is 24.3 Å². The maximum atomic E-state index is 11.0. The van der Waals surface area contributed by atoms with Gasteiger partial charge >= 0.3 is 5.97 Å². The van der Waals surface area contributed by atoms with Gasteiger partial charge in [-0.2, -0.15) is 4.98 Å². The molecule has 0 aliphatic carbocycles. The van der Waals surface area contributed by atoms with Crippen molar-refractivity contribution in [2.45, 2.75) is 0 Å². The number of benzene rings is 1. The molecule has 1 aliphatic heterocycles. The van der Waals surface area contributed by atoms with E-state index >= 15 is 0 Å². The molecular weight excluding hydrogens is 254 g/mol. The average molecular weight is 263 g/mol. The summed E-state index contributed by atoms with van der Waals surface area (Å²) in [7, 11) is 0. The zero-order valence-corrected chi connectivity index (χ0v) is 9.98. The molecule has 2 aromatic rings. The number of aliphatic carboxylic acids is 1. The molecule has 0 unspecified atom stereocenters. The number of hydrogen-bond acceptors (Lipinski definition) is 6. The van der Waals surface area contributed by atoms with Crippen LogP contribution in [0.1, 0.15) is 0 Å². The number of rotatable bonds is 2. The van der Waals surface area contributed by atoms with Crippen molar-refractivity contribution in [1.29, 1.82) is 0 Å². The monoisotopic (exact) mass is 263 g/mol. The Bertz CT molecular complexity index is 626. The highest BCUT2D eigenvalue weighted by Gasteiger charge is 2.29. The Hall–Kier alpha value is -2.28. The second-order valence-electron chi connectivity index (χ2n) is 3.71. The highest BCUT2D eigenvalue weighted by atomic mass is 32.1. The Balaban J connectivity index is 2.13. The molecule has 0 bridgehead atoms. The number of nitrogens with two attached hydrogens (primary N) is 1. The normalized spacial score (nSPS) is 12.6. The van der Waals surface area contributed by atoms with Crippen molar-refractivity contribution in [1.82, 2.24) is 4.98 Å². The fourth-order valence-corrected chi connectivity index (χ4v) is 2.53. The molecule has 1 aliphatic rings. The highest BCUT2D eigenvalue weighted by molar-refractivity contribution is 7.17. The first kappa shape index (κ1) is 10.8. The number of ether oxygens (including phenoxy) is 1. The van der Waals surface area contributed by atoms with Gasteiger partial charge in [0.25, 0.3) is 0 Å². The third-order valence-electron chi connectivity index (χ3n) is 2.50. The molecule has 1 aromatic heterocycles. The van der Waals surface area contributed by atoms with Crippen LogP contribution < -0.4 is 15.4 Å². The van der Waals surface area contributed by atoms with E-state index in [4.69, 9.17) is 15.6 Å². The third kappa shape index (κ3) is 1.65. The number of para-hydroxylation sites is 2. The summed E-state index contributed by atoms with van der Waals surface area (Å²) in [5.74, 6) is 0.123. The maximum Gasteiger partial charge on any atom is 0.323 e. The summed E-state index contributed by atoms with van der Waals surface area (Å²) < 4.78 is 5.65. The van der Waals surface area contributed by atoms with Crippen LogP contribution >= 0.6 is 11.3 Å². The lowest BCUT2D eigenvalue weighted by atomic mass is 10.2. The van der Waals surface area contributed by atoms with E-state index in [0.717, 1.165) is 0 Å². The topological polar surface area (TPSA) is 88.7 Å². The van der Waals surface area contributed by atoms with Gasteiger partial charge in [0.15, 0.2) is 16.7 Å². The highest BCUT2D eigenvalue weighted by Crippen LogP contribution is 2.49. The predicted molar refractivity (Wildman–Crippen MR) is 67.7 cm³/mol. The minimum atomic E-state index is -0.941. The zero-order chi connectivity index (χ0) is 12.7. The van der Waals surface area contributed by atoms with E-state index in [-0.39, 0.29) is 6.54 Å². The Labute approximate surface area is 106 Å². The fourth-order valence-electron chi connectivity index (χ4n) is 1.83. The second-order valence-corrected chi connectivity index (χ2v) is 4.71. The molecule has 3 N–H and O–H groups in total. The van der Waals surface area contributed by atoms with Crippen molar-refractivity contribution >= 4 is 33.9 Å². The number of anilines is 3. The first-order valence-corrected chi connectivity index (χ1v) is 5.99. The lowest BCUT2D eigenvalue weighted by molar-refractivity contribution is -0.135. The molecule has 0 fully saturated rings. The lowest BCUT2D eigenvalue weighted by Crippen LogP contribution is -2.27. The molecule has 92 valence electrons. The van der Waals surface area contributed by atoms with Gasteiger partial charge in [-0.25, -0.2) is 0 Å². The largest absolute Gasteiger partial charge is 0.480 e. The number of thiazole rings is 1. The molecule has 1 aromatic carbocycles. The average Bonchev–Trinajstić information content (AvgIpc) is 2.68. The van der Waals surface area contributed by atoms with E-state index < -0.39 is 5.97 Å². The molecule has 7 heteroatoms. The van der Waals surface area contributed by atoms with Crippen LogP contribution in [0, 0.1) is 0 Å². The van der Waals surface area contributed by atoms with Crippen LogP contribution in [0.5, 0.6) is 10.8 Å². The lowest BCUT2D eigenvalue weighted by Gasteiger charge is -2.27. The maximum absolute atomic E-state index is 11.0. The number of carboxylic acid groups (broad SMARTS) is 1. The SMILES string of the molecule is Nc1nc2c(s1)Oc1ccccc1N2CC(=O)O. The standard InChI is InChI=1S/C11H9N3O3S/c12-11-13-9-10(18-11)17-7-4-2-1-3-6(7)14(9)5-8(15)16/h1-4H,5H2,(H2,12,13)(H,15,16). The Morgan fingerprint density at radius 2 is 2.28 bits per heavy atom. The summed E-state index contributed by atoms with van der Waals surface area (Å²) in [4.78, 5) is 16.7. The van der Waals surface area contributed by atoms with Crippen LogP contribution in [0.2, 0.25) is 0 Å². The summed E-state index contributed by atoms with van der Waals surface area (Å²) in [6.07, 6.45) is 0. The predicted octanol–water partition coefficient (Wildman–Crippen LogP) is 2.05. The molecule has 0 saturated carbocycles. The molecular formula is C11H9N3O3S. The van der Waals surface area contributed by atoms with Crippen molar-refractivity contribution < 1.29 is 14.6 Å². The van der Waals surface area contributed by atoms with Gasteiger partial charge < -0.3 is 20.5 Å². The Morgan fingerprint density at radius 1 is 1.50 bits per heavy atom. The number of fused-ring (bicyclic) bond motifs is 2. The van der Waals surface area contributed by atoms with E-state index in [1.54, 1.807) is 17.0 Å². The van der Waals surface area contributed by atoms with Crippen molar-refractivity contribution in [2.75, 3.05) is 17.2 Å². The van der Waals surface area contributed by atoms with Gasteiger partial charge in [-0.05, 0) is 12.1 Å². The molecule has 3 rings (SSSR count). The van der Waals surface area contributed by atoms with Crippen LogP contribution in [-0.4, -0.2) is 22.6 Å². The van der Waals surface area contributed by atoms with Gasteiger partial charge in [0.1, 0.15) is 6.54 Å². The first-order valence-electron chi connectivity index (χ1n) is 5.17. The van der Waals surface area contributed by atoms with E-state index in [9.17, 15) is 4.79 Å². The first-order chi connectivity index (χ1) is 8.65. The number of aromatic nitrogens is 1. The minimum absolute atomic E-state index is 0.184. The van der Waals surface area contributed by atoms with Crippen LogP contribution in [0.3, 0.4) is 0 Å². The van der Waals surface area contributed by atoms with Crippen LogP contribution in [-0.2, 0) is 4.79 Å². The summed E-state index contributed by atoms with van der Waals surface area (Å²) in [6, 6.07) is 7.21. The van der Waals surface area contributed by atoms with Gasteiger partial charge in [-0.1, -0.05) is 23.5 Å². The molecule has 0 saturated heterocycles. The molecule has 18 heavy (non-hydrogen) atoms. The van der Waals surface area contributed by atoms with Gasteiger partial charge in [0.2, 0.25) is 5.06 Å². The molecule has 0 spiro atoms. The Kier molecular flexibility index (Phi) is 2.34. The van der Waals surface area contributed by atoms with Gasteiger partial charge in [-0.15, -0.1) is 0 Å². The van der Waals surface area contributed by atoms with E-state index in [2.05, 4.69) is 4.98 Å². The molecule has 2 heterocycles. The number of nitrogens with zero attached hydrogens (tertiary/aromatic N) is 2. The van der Waals surface area contributed by atoms with E-state index in [1.165, 1.54) is 11.3 Å². The van der Waals surface area contributed by atoms with Crippen LogP contribution in [0.4, 0.5) is 16.6 Å². The van der Waals surface area contributed by atoms with Crippen LogP contribution in [0.25, 0.3) is 0 Å². The van der Waals surface area contributed by atoms with Crippen molar-refractivity contribution in [3.8, 4) is 10.8 Å². The van der Waals surface area contributed by atoms with Crippen molar-refractivity contribution in [3.63, 3.8) is 0 Å². The molecule has 6 nitrogen and oxygen atoms in total. The molecule has 0 amide bonds. The fraction of sp³-hybridized carbons (Fsp3) is 0.0909. The zero-order valence-electron chi connectivity index (χ0n) is 9.16. The number of carbonyl (C=O) groups is 1. The van der Waals surface area contributed by atoms with Gasteiger partial charge in [0, 0.05) is 0 Å². The molecule has 0 radical (unpaired) electrons. The summed E-state index contributed by atoms with van der Waals surface area (Å²) in [5, 5.41) is 9.86. The van der Waals surface area contributed by atoms with E-state index in [0.29, 0.717) is 27.4 Å². The smallest absolute Gasteiger partial charge is 0.323 e. The van der Waals surface area contributed by atoms with Crippen molar-refractivity contribution in [3.05, 3.63) is 24.3 Å². The van der Waals surface area contributed by atoms with Gasteiger partial charge in [0.05, 0.1) is 5.69 Å². The second kappa shape index (κ2) is 3.88. The minimum Gasteiger partial charge on any atom is -0.480 e. The summed E-state index contributed by atoms with van der Waals surface area (Å²) in [5.41, 5.74) is 6.32. The van der Waals surface area contributed by atoms with Crippen molar-refractivity contribution in [2.24, 2.45) is 0 Å². The molecule has 0 atom stereocenters. The quantitative estimate of drug-likeness (QED) is 0.862. The van der Waals surface area contributed by atoms with Gasteiger partial charge in [-0.3, -0.25) is 4.79 Å². The van der Waals surface area contributed by atoms with E-state index in [1.807, 2.05) is 12.1 Å². The number of nitrogen functional groups attached to an aromatic ring is 1. The number of hydrogen-bond donors (Lipinski definition) is 2. The summed E-state index contributed by atoms with van der Waals surface area (Å²) in [6.45, 7) is -0.184.